The zero-order valence-corrected chi connectivity index (χ0v) is 14.6. The Hall–Kier alpha value is -2.87. The highest BCUT2D eigenvalue weighted by Crippen LogP contribution is 2.35. The number of carbonyl (C=O) groups excluding carboxylic acids is 1. The molecule has 0 radical (unpaired) electrons. The smallest absolute Gasteiger partial charge is 0.418 e. The summed E-state index contributed by atoms with van der Waals surface area (Å²) < 4.78 is 24.5. The second kappa shape index (κ2) is 7.17. The van der Waals surface area contributed by atoms with E-state index in [2.05, 4.69) is 15.3 Å². The number of halogens is 2. The van der Waals surface area contributed by atoms with Crippen molar-refractivity contribution < 1.29 is 18.7 Å². The van der Waals surface area contributed by atoms with Crippen molar-refractivity contribution in [3.63, 3.8) is 0 Å². The van der Waals surface area contributed by atoms with Crippen LogP contribution >= 0.6 is 11.6 Å². The monoisotopic (exact) mass is 378 g/mol. The predicted octanol–water partition coefficient (Wildman–Crippen LogP) is 3.44. The van der Waals surface area contributed by atoms with Gasteiger partial charge < -0.3 is 15.2 Å². The van der Waals surface area contributed by atoms with Crippen molar-refractivity contribution in [3.05, 3.63) is 52.9 Å². The highest BCUT2D eigenvalue weighted by molar-refractivity contribution is 6.29. The average molecular weight is 379 g/mol. The molecule has 1 aliphatic rings. The van der Waals surface area contributed by atoms with Crippen LogP contribution < -0.4 is 15.8 Å². The fourth-order valence-electron chi connectivity index (χ4n) is 2.58. The summed E-state index contributed by atoms with van der Waals surface area (Å²) in [6.07, 6.45) is -0.331. The van der Waals surface area contributed by atoms with E-state index in [1.807, 2.05) is 0 Å². The van der Waals surface area contributed by atoms with E-state index >= 15 is 0 Å². The van der Waals surface area contributed by atoms with E-state index in [-0.39, 0.29) is 17.1 Å². The van der Waals surface area contributed by atoms with Crippen molar-refractivity contribution >= 4 is 29.4 Å². The lowest BCUT2D eigenvalue weighted by molar-refractivity contribution is 0.212. The Balaban J connectivity index is 1.79. The van der Waals surface area contributed by atoms with E-state index in [0.717, 1.165) is 0 Å². The number of anilines is 1. The zero-order valence-electron chi connectivity index (χ0n) is 13.8. The first-order valence-corrected chi connectivity index (χ1v) is 8.13. The second-order valence-corrected chi connectivity index (χ2v) is 6.22. The van der Waals surface area contributed by atoms with E-state index in [0.29, 0.717) is 24.3 Å². The number of nitrogens with two attached hydrogens (primary N) is 1. The highest BCUT2D eigenvalue weighted by atomic mass is 35.5. The van der Waals surface area contributed by atoms with Gasteiger partial charge in [-0.15, -0.1) is 0 Å². The van der Waals surface area contributed by atoms with Crippen molar-refractivity contribution in [3.8, 4) is 5.88 Å². The van der Waals surface area contributed by atoms with Crippen molar-refractivity contribution in [2.45, 2.75) is 18.9 Å². The van der Waals surface area contributed by atoms with Crippen LogP contribution in [-0.4, -0.2) is 23.7 Å². The molecule has 26 heavy (non-hydrogen) atoms. The van der Waals surface area contributed by atoms with Crippen LogP contribution in [0.15, 0.2) is 41.4 Å². The molecule has 0 saturated carbocycles. The first-order valence-electron chi connectivity index (χ1n) is 7.75. The average Bonchev–Trinajstić information content (AvgIpc) is 2.56. The van der Waals surface area contributed by atoms with Gasteiger partial charge in [-0.3, -0.25) is 5.32 Å². The maximum Gasteiger partial charge on any atom is 0.418 e. The number of pyridine rings is 1. The highest BCUT2D eigenvalue weighted by Gasteiger charge is 2.33. The van der Waals surface area contributed by atoms with Crippen LogP contribution in [0.2, 0.25) is 5.15 Å². The van der Waals surface area contributed by atoms with Gasteiger partial charge in [0.15, 0.2) is 0 Å². The zero-order chi connectivity index (χ0) is 18.7. The maximum absolute atomic E-state index is 14.3. The number of hydrogen-bond acceptors (Lipinski definition) is 6. The third-order valence-corrected chi connectivity index (χ3v) is 4.09. The molecule has 136 valence electrons. The largest absolute Gasteiger partial charge is 0.465 e. The Kier molecular flexibility index (Phi) is 4.94. The Bertz CT molecular complexity index is 877. The predicted molar refractivity (Wildman–Crippen MR) is 94.8 cm³/mol. The van der Waals surface area contributed by atoms with Gasteiger partial charge in [0.05, 0.1) is 12.1 Å². The van der Waals surface area contributed by atoms with Gasteiger partial charge in [0.25, 0.3) is 6.02 Å². The number of ether oxygens (including phenoxy) is 2. The Morgan fingerprint density at radius 2 is 2.23 bits per heavy atom. The molecule has 1 aromatic heterocycles. The molecule has 3 rings (SSSR count). The van der Waals surface area contributed by atoms with E-state index in [9.17, 15) is 9.18 Å². The fourth-order valence-corrected chi connectivity index (χ4v) is 2.74. The lowest BCUT2D eigenvalue weighted by atomic mass is 9.88. The van der Waals surface area contributed by atoms with Crippen LogP contribution in [-0.2, 0) is 10.3 Å². The van der Waals surface area contributed by atoms with Gasteiger partial charge in [0.1, 0.15) is 11.0 Å². The van der Waals surface area contributed by atoms with Crippen LogP contribution in [0.1, 0.15) is 18.9 Å². The number of hydrogen-bond donors (Lipinski definition) is 2. The second-order valence-electron chi connectivity index (χ2n) is 5.83. The molecule has 1 aliphatic heterocycles. The lowest BCUT2D eigenvalue weighted by Gasteiger charge is -2.30. The van der Waals surface area contributed by atoms with E-state index in [1.165, 1.54) is 24.3 Å². The molecule has 9 heteroatoms. The van der Waals surface area contributed by atoms with Crippen LogP contribution in [0, 0.1) is 5.82 Å². The summed E-state index contributed by atoms with van der Waals surface area (Å²) in [5, 5.41) is 2.72. The fraction of sp³-hybridized carbons (Fsp3) is 0.235. The number of amides is 1. The Morgan fingerprint density at radius 1 is 1.42 bits per heavy atom. The molecule has 1 atom stereocenters. The van der Waals surface area contributed by atoms with E-state index in [1.54, 1.807) is 19.1 Å². The molecule has 2 heterocycles. The topological polar surface area (TPSA) is 98.8 Å². The van der Waals surface area contributed by atoms with Gasteiger partial charge in [-0.2, -0.15) is 0 Å². The van der Waals surface area contributed by atoms with E-state index < -0.39 is 17.4 Å². The molecule has 0 fully saturated rings. The number of aliphatic imine (C=N–C) groups is 1. The molecule has 0 spiro atoms. The Morgan fingerprint density at radius 3 is 2.96 bits per heavy atom. The molecule has 0 aliphatic carbocycles. The summed E-state index contributed by atoms with van der Waals surface area (Å²) in [5.74, 6) is -0.410. The molecular weight excluding hydrogens is 363 g/mol. The third-order valence-electron chi connectivity index (χ3n) is 3.88. The quantitative estimate of drug-likeness (QED) is 0.797. The van der Waals surface area contributed by atoms with Crippen molar-refractivity contribution in [1.82, 2.24) is 4.98 Å². The van der Waals surface area contributed by atoms with E-state index in [4.69, 9.17) is 26.8 Å². The van der Waals surface area contributed by atoms with Gasteiger partial charge in [-0.25, -0.2) is 19.2 Å². The van der Waals surface area contributed by atoms with Gasteiger partial charge in [0, 0.05) is 23.7 Å². The van der Waals surface area contributed by atoms with Crippen molar-refractivity contribution in [2.24, 2.45) is 10.7 Å². The summed E-state index contributed by atoms with van der Waals surface area (Å²) in [5.41, 5.74) is 5.36. The van der Waals surface area contributed by atoms with Gasteiger partial charge in [0.2, 0.25) is 5.88 Å². The SMILES string of the molecule is C[C@@]1(c2cc(NC(=O)Oc3cccc(Cl)n3)ccc2F)CCOC(N)=N1. The minimum absolute atomic E-state index is 0.00273. The standard InChI is InChI=1S/C17H16ClFN4O3/c1-17(7-8-25-15(20)23-17)11-9-10(5-6-12(11)19)21-16(24)26-14-4-2-3-13(18)22-14/h2-6,9H,7-8H2,1H3,(H2,20,23)(H,21,24)/t17-/m0/s1. The molecule has 3 N–H and O–H groups in total. The maximum atomic E-state index is 14.3. The van der Waals surface area contributed by atoms with Crippen LogP contribution in [0.4, 0.5) is 14.9 Å². The normalized spacial score (nSPS) is 19.3. The molecule has 1 aromatic carbocycles. The molecule has 1 amide bonds. The molecule has 0 saturated heterocycles. The number of aromatic nitrogens is 1. The molecule has 2 aromatic rings. The number of benzene rings is 1. The summed E-state index contributed by atoms with van der Waals surface area (Å²) in [6.45, 7) is 2.07. The van der Waals surface area contributed by atoms with Gasteiger partial charge >= 0.3 is 6.09 Å². The van der Waals surface area contributed by atoms with Crippen molar-refractivity contribution in [2.75, 3.05) is 11.9 Å². The third kappa shape index (κ3) is 4.02. The number of nitrogens with zero attached hydrogens (tertiary/aromatic N) is 2. The minimum atomic E-state index is -0.886. The molecule has 0 unspecified atom stereocenters. The minimum Gasteiger partial charge on any atom is -0.465 e. The van der Waals surface area contributed by atoms with Crippen molar-refractivity contribution in [1.29, 1.82) is 0 Å². The lowest BCUT2D eigenvalue weighted by Crippen LogP contribution is -2.34. The van der Waals surface area contributed by atoms with Gasteiger partial charge in [-0.1, -0.05) is 17.7 Å². The summed E-state index contributed by atoms with van der Waals surface area (Å²) in [4.78, 5) is 20.1. The van der Waals surface area contributed by atoms with Crippen LogP contribution in [0.5, 0.6) is 5.88 Å². The van der Waals surface area contributed by atoms with Crippen LogP contribution in [0.25, 0.3) is 0 Å². The first kappa shape index (κ1) is 17.9. The van der Waals surface area contributed by atoms with Gasteiger partial charge in [-0.05, 0) is 31.2 Å². The summed E-state index contributed by atoms with van der Waals surface area (Å²) in [7, 11) is 0. The molecule has 7 nitrogen and oxygen atoms in total. The summed E-state index contributed by atoms with van der Waals surface area (Å²) >= 11 is 5.74. The number of nitrogens with one attached hydrogen (secondary N) is 1. The number of amidine groups is 1. The Labute approximate surface area is 154 Å². The number of rotatable bonds is 3. The first-order chi connectivity index (χ1) is 12.4. The molecular formula is C17H16ClFN4O3. The summed E-state index contributed by atoms with van der Waals surface area (Å²) in [6, 6.07) is 8.80. The van der Waals surface area contributed by atoms with Crippen LogP contribution in [0.3, 0.4) is 0 Å². The molecule has 0 bridgehead atoms. The number of carbonyl (C=O) groups is 1.